The number of para-hydroxylation sites is 1. The summed E-state index contributed by atoms with van der Waals surface area (Å²) in [4.78, 5) is 5.33. The smallest absolute Gasteiger partial charge is 0.172 e. The number of hydrogen-bond donors (Lipinski definition) is 0. The first-order chi connectivity index (χ1) is 31.1. The molecule has 1 atom stereocenters. The summed E-state index contributed by atoms with van der Waals surface area (Å²) in [5, 5.41) is 4.90. The largest absolute Gasteiger partial charge is 0.309 e. The molecule has 0 aliphatic carbocycles. The van der Waals surface area contributed by atoms with Gasteiger partial charge in [0.2, 0.25) is 0 Å². The van der Waals surface area contributed by atoms with Crippen molar-refractivity contribution in [3.8, 4) is 72.7 Å². The summed E-state index contributed by atoms with van der Waals surface area (Å²) >= 11 is 0. The van der Waals surface area contributed by atoms with Crippen molar-refractivity contribution in [2.75, 3.05) is 0 Å². The Morgan fingerprint density at radius 3 is 1.43 bits per heavy atom. The molecule has 11 aromatic rings. The molecule has 0 saturated carbocycles. The molecule has 2 aromatic heterocycles. The number of rotatable bonds is 7. The number of aromatic nitrogens is 2. The Labute approximate surface area is 366 Å². The van der Waals surface area contributed by atoms with Crippen molar-refractivity contribution in [1.82, 2.24) is 9.55 Å². The normalized spacial score (nSPS) is 14.2. The average Bonchev–Trinajstić information content (AvgIpc) is 3.83. The van der Waals surface area contributed by atoms with E-state index in [-0.39, 0.29) is 0 Å². The fraction of sp³-hybridized carbons (Fsp3) is 0. The summed E-state index contributed by atoms with van der Waals surface area (Å²) in [5.74, 6) is 0. The molecule has 9 aromatic carbocycles. The third-order valence-corrected chi connectivity index (χ3v) is 15.8. The van der Waals surface area contributed by atoms with Crippen LogP contribution < -0.4 is 15.9 Å². The number of nitrogens with zero attached hydrogens (tertiary/aromatic N) is 2. The molecule has 63 heavy (non-hydrogen) atoms. The minimum absolute atomic E-state index is 0.865. The molecule has 296 valence electrons. The second-order valence-corrected chi connectivity index (χ2v) is 19.0. The standard InChI is InChI=1S/C59H39N2OP/c62-63(49-18-8-3-9-19-49)58-23-13-11-21-51(58)53-38-57-52(39-59(53)63)50-20-10-12-22-56(50)61(57)48-34-32-46(33-35-48)55-37-47(44-26-24-42(25-27-44)40-14-4-1-5-15-40)36-54(60-55)45-30-28-43(29-31-45)41-16-6-2-7-17-41/h1-39H. The van der Waals surface area contributed by atoms with Crippen LogP contribution in [0.5, 0.6) is 0 Å². The summed E-state index contributed by atoms with van der Waals surface area (Å²) in [6.45, 7) is 0. The third-order valence-electron chi connectivity index (χ3n) is 12.6. The lowest BCUT2D eigenvalue weighted by molar-refractivity contribution is 0.593. The van der Waals surface area contributed by atoms with Crippen molar-refractivity contribution in [3.63, 3.8) is 0 Å². The third kappa shape index (κ3) is 6.20. The summed E-state index contributed by atoms with van der Waals surface area (Å²) in [6.07, 6.45) is 0. The van der Waals surface area contributed by atoms with Crippen LogP contribution in [0.4, 0.5) is 0 Å². The van der Waals surface area contributed by atoms with Gasteiger partial charge in [0, 0.05) is 43.5 Å². The second-order valence-electron chi connectivity index (χ2n) is 16.3. The predicted octanol–water partition coefficient (Wildman–Crippen LogP) is 14.1. The van der Waals surface area contributed by atoms with Gasteiger partial charge in [-0.25, -0.2) is 4.98 Å². The van der Waals surface area contributed by atoms with E-state index in [9.17, 15) is 0 Å². The van der Waals surface area contributed by atoms with E-state index in [1.54, 1.807) is 0 Å². The molecular formula is C59H39N2OP. The van der Waals surface area contributed by atoms with Crippen molar-refractivity contribution in [3.05, 3.63) is 237 Å². The minimum Gasteiger partial charge on any atom is -0.309 e. The first-order valence-electron chi connectivity index (χ1n) is 21.4. The Kier molecular flexibility index (Phi) is 8.78. The molecule has 0 saturated heterocycles. The summed E-state index contributed by atoms with van der Waals surface area (Å²) in [6, 6.07) is 83.0. The van der Waals surface area contributed by atoms with Crippen molar-refractivity contribution < 1.29 is 4.57 Å². The molecule has 1 aliphatic heterocycles. The zero-order chi connectivity index (χ0) is 41.9. The molecule has 0 bridgehead atoms. The van der Waals surface area contributed by atoms with Gasteiger partial charge in [0.15, 0.2) is 7.14 Å². The number of hydrogen-bond acceptors (Lipinski definition) is 2. The van der Waals surface area contributed by atoms with Crippen LogP contribution in [0.25, 0.3) is 94.5 Å². The van der Waals surface area contributed by atoms with E-state index < -0.39 is 7.14 Å². The van der Waals surface area contributed by atoms with Gasteiger partial charge in [-0.2, -0.15) is 0 Å². The van der Waals surface area contributed by atoms with E-state index in [0.717, 1.165) is 88.2 Å². The predicted molar refractivity (Wildman–Crippen MR) is 264 cm³/mol. The van der Waals surface area contributed by atoms with Gasteiger partial charge < -0.3 is 9.13 Å². The van der Waals surface area contributed by atoms with Gasteiger partial charge in [0.1, 0.15) is 0 Å². The maximum atomic E-state index is 15.5. The Morgan fingerprint density at radius 1 is 0.333 bits per heavy atom. The van der Waals surface area contributed by atoms with Crippen LogP contribution in [0.2, 0.25) is 0 Å². The van der Waals surface area contributed by atoms with E-state index in [2.05, 4.69) is 193 Å². The maximum absolute atomic E-state index is 15.5. The Balaban J connectivity index is 0.976. The molecule has 0 fully saturated rings. The zero-order valence-electron chi connectivity index (χ0n) is 34.3. The highest BCUT2D eigenvalue weighted by atomic mass is 31.2. The van der Waals surface area contributed by atoms with Crippen LogP contribution in [-0.2, 0) is 4.57 Å². The molecule has 3 heterocycles. The number of fused-ring (bicyclic) bond motifs is 6. The highest BCUT2D eigenvalue weighted by molar-refractivity contribution is 7.86. The molecule has 0 radical (unpaired) electrons. The van der Waals surface area contributed by atoms with Gasteiger partial charge in [-0.3, -0.25) is 0 Å². The van der Waals surface area contributed by atoms with Crippen LogP contribution in [0.3, 0.4) is 0 Å². The highest BCUT2D eigenvalue weighted by Crippen LogP contribution is 2.53. The Bertz CT molecular complexity index is 3440. The lowest BCUT2D eigenvalue weighted by Gasteiger charge is -2.16. The average molecular weight is 823 g/mol. The lowest BCUT2D eigenvalue weighted by Crippen LogP contribution is -2.20. The summed E-state index contributed by atoms with van der Waals surface area (Å²) in [5.41, 5.74) is 16.2. The fourth-order valence-corrected chi connectivity index (χ4v) is 12.6. The van der Waals surface area contributed by atoms with E-state index in [1.807, 2.05) is 48.5 Å². The first-order valence-corrected chi connectivity index (χ1v) is 23.1. The SMILES string of the molecule is O=P1(c2ccccc2)c2ccccc2-c2cc3c(cc21)c1ccccc1n3-c1ccc(-c2cc(-c3ccc(-c4ccccc4)cc3)cc(-c3ccc(-c4ccccc4)cc3)n2)cc1. The Morgan fingerprint density at radius 2 is 0.810 bits per heavy atom. The first kappa shape index (κ1) is 37.0. The zero-order valence-corrected chi connectivity index (χ0v) is 35.2. The maximum Gasteiger partial charge on any atom is 0.172 e. The van der Waals surface area contributed by atoms with Gasteiger partial charge in [0.25, 0.3) is 0 Å². The van der Waals surface area contributed by atoms with Gasteiger partial charge in [-0.1, -0.05) is 194 Å². The van der Waals surface area contributed by atoms with Gasteiger partial charge in [-0.05, 0) is 87.0 Å². The molecule has 0 spiro atoms. The molecule has 3 nitrogen and oxygen atoms in total. The van der Waals surface area contributed by atoms with Crippen molar-refractivity contribution in [2.45, 2.75) is 0 Å². The van der Waals surface area contributed by atoms with Crippen LogP contribution in [0.1, 0.15) is 0 Å². The molecule has 0 N–H and O–H groups in total. The summed E-state index contributed by atoms with van der Waals surface area (Å²) in [7, 11) is -3.09. The van der Waals surface area contributed by atoms with Crippen molar-refractivity contribution in [1.29, 1.82) is 0 Å². The van der Waals surface area contributed by atoms with E-state index in [4.69, 9.17) is 4.98 Å². The monoisotopic (exact) mass is 822 g/mol. The van der Waals surface area contributed by atoms with Crippen molar-refractivity contribution in [2.24, 2.45) is 0 Å². The summed E-state index contributed by atoms with van der Waals surface area (Å²) < 4.78 is 17.8. The molecular weight excluding hydrogens is 784 g/mol. The van der Waals surface area contributed by atoms with Gasteiger partial charge in [0.05, 0.1) is 22.4 Å². The van der Waals surface area contributed by atoms with Crippen LogP contribution in [0, 0.1) is 0 Å². The highest BCUT2D eigenvalue weighted by Gasteiger charge is 2.40. The van der Waals surface area contributed by atoms with Crippen LogP contribution >= 0.6 is 7.14 Å². The molecule has 12 rings (SSSR count). The minimum atomic E-state index is -3.09. The van der Waals surface area contributed by atoms with Crippen LogP contribution in [-0.4, -0.2) is 9.55 Å². The quantitative estimate of drug-likeness (QED) is 0.150. The Hall–Kier alpha value is -7.84. The molecule has 1 aliphatic rings. The molecule has 4 heteroatoms. The van der Waals surface area contributed by atoms with E-state index in [0.29, 0.717) is 0 Å². The number of pyridine rings is 1. The van der Waals surface area contributed by atoms with Crippen molar-refractivity contribution >= 4 is 44.9 Å². The molecule has 1 unspecified atom stereocenters. The number of benzene rings is 9. The van der Waals surface area contributed by atoms with E-state index in [1.165, 1.54) is 22.3 Å². The van der Waals surface area contributed by atoms with Gasteiger partial charge >= 0.3 is 0 Å². The fourth-order valence-electron chi connectivity index (χ4n) is 9.50. The van der Waals surface area contributed by atoms with Gasteiger partial charge in [-0.15, -0.1) is 0 Å². The molecule has 0 amide bonds. The van der Waals surface area contributed by atoms with E-state index >= 15 is 4.57 Å². The lowest BCUT2D eigenvalue weighted by atomic mass is 9.97. The second kappa shape index (κ2) is 15.0. The van der Waals surface area contributed by atoms with Crippen LogP contribution in [0.15, 0.2) is 237 Å². The topological polar surface area (TPSA) is 34.9 Å².